The molecule has 0 aliphatic carbocycles. The summed E-state index contributed by atoms with van der Waals surface area (Å²) in [5, 5.41) is -0.965. The van der Waals surface area contributed by atoms with Crippen LogP contribution in [0.2, 0.25) is 10.0 Å². The van der Waals surface area contributed by atoms with Gasteiger partial charge in [-0.15, -0.1) is 0 Å². The summed E-state index contributed by atoms with van der Waals surface area (Å²) >= 11 is 11.4. The largest absolute Gasteiger partial charge is 0.341 e. The van der Waals surface area contributed by atoms with E-state index >= 15 is 0 Å². The number of pyridine rings is 1. The highest BCUT2D eigenvalue weighted by Crippen LogP contribution is 2.27. The second-order valence-corrected chi connectivity index (χ2v) is 5.55. The Kier molecular flexibility index (Phi) is 5.05. The van der Waals surface area contributed by atoms with Crippen molar-refractivity contribution in [2.24, 2.45) is 0 Å². The van der Waals surface area contributed by atoms with Crippen molar-refractivity contribution in [3.8, 4) is 5.82 Å². The van der Waals surface area contributed by atoms with E-state index in [4.69, 9.17) is 23.2 Å². The van der Waals surface area contributed by atoms with E-state index in [0.717, 1.165) is 0 Å². The van der Waals surface area contributed by atoms with Crippen LogP contribution in [0.1, 0.15) is 29.9 Å². The summed E-state index contributed by atoms with van der Waals surface area (Å²) in [5.74, 6) is -0.316. The number of alkyl halides is 4. The van der Waals surface area contributed by atoms with E-state index in [-0.39, 0.29) is 26.7 Å². The minimum atomic E-state index is -3.63. The zero-order valence-electron chi connectivity index (χ0n) is 12.2. The molecule has 130 valence electrons. The van der Waals surface area contributed by atoms with Gasteiger partial charge >= 0.3 is 12.2 Å². The Labute approximate surface area is 142 Å². The van der Waals surface area contributed by atoms with Crippen LogP contribution in [0.3, 0.4) is 0 Å². The number of halogens is 6. The Morgan fingerprint density at radius 2 is 1.71 bits per heavy atom. The van der Waals surface area contributed by atoms with Crippen molar-refractivity contribution in [1.82, 2.24) is 14.1 Å². The molecule has 2 heterocycles. The third-order valence-electron chi connectivity index (χ3n) is 3.20. The van der Waals surface area contributed by atoms with Gasteiger partial charge in [-0.05, 0) is 25.5 Å². The van der Waals surface area contributed by atoms with Crippen molar-refractivity contribution in [2.75, 3.05) is 0 Å². The van der Waals surface area contributed by atoms with Gasteiger partial charge in [0, 0.05) is 0 Å². The molecule has 0 aromatic carbocycles. The van der Waals surface area contributed by atoms with Crippen LogP contribution in [0, 0.1) is 13.8 Å². The predicted octanol–water partition coefficient (Wildman–Crippen LogP) is 3.65. The highest BCUT2D eigenvalue weighted by molar-refractivity contribution is 6.31. The average molecular weight is 386 g/mol. The lowest BCUT2D eigenvalue weighted by Gasteiger charge is -2.16. The summed E-state index contributed by atoms with van der Waals surface area (Å²) in [7, 11) is 0. The number of aryl methyl sites for hydroxylation is 2. The summed E-state index contributed by atoms with van der Waals surface area (Å²) < 4.78 is 51.9. The topological polar surface area (TPSA) is 56.9 Å². The normalized spacial score (nSPS) is 11.6. The number of nitrogens with zero attached hydrogens (tertiary/aromatic N) is 3. The molecule has 0 bridgehead atoms. The van der Waals surface area contributed by atoms with Gasteiger partial charge in [0.2, 0.25) is 0 Å². The molecule has 0 atom stereocenters. The van der Waals surface area contributed by atoms with Crippen LogP contribution in [-0.4, -0.2) is 14.1 Å². The van der Waals surface area contributed by atoms with Gasteiger partial charge in [-0.3, -0.25) is 4.79 Å². The maximum atomic E-state index is 13.1. The van der Waals surface area contributed by atoms with Crippen molar-refractivity contribution in [3.05, 3.63) is 53.9 Å². The van der Waals surface area contributed by atoms with Crippen LogP contribution in [0.4, 0.5) is 17.6 Å². The zero-order chi connectivity index (χ0) is 18.3. The van der Waals surface area contributed by atoms with Crippen molar-refractivity contribution in [3.63, 3.8) is 0 Å². The monoisotopic (exact) mass is 385 g/mol. The van der Waals surface area contributed by atoms with Gasteiger partial charge in [0.05, 0.1) is 10.7 Å². The summed E-state index contributed by atoms with van der Waals surface area (Å²) in [6, 6.07) is 1.35. The van der Waals surface area contributed by atoms with E-state index in [1.165, 1.54) is 19.9 Å². The minimum absolute atomic E-state index is 0.200. The van der Waals surface area contributed by atoms with E-state index < -0.39 is 39.5 Å². The molecular formula is C13H9Cl2F4N3O2. The SMILES string of the molecule is Cc1cc(Cl)c(C)nc1-n1c(=O)c(Cl)c(C(F)F)n(C(F)F)c1=O. The Balaban J connectivity index is 3.00. The molecule has 2 rings (SSSR count). The smallest absolute Gasteiger partial charge is 0.267 e. The summed E-state index contributed by atoms with van der Waals surface area (Å²) in [4.78, 5) is 28.4. The summed E-state index contributed by atoms with van der Waals surface area (Å²) in [6.07, 6.45) is -3.54. The number of hydrogen-bond acceptors (Lipinski definition) is 3. The van der Waals surface area contributed by atoms with Crippen LogP contribution in [-0.2, 0) is 0 Å². The molecule has 24 heavy (non-hydrogen) atoms. The quantitative estimate of drug-likeness (QED) is 0.757. The first kappa shape index (κ1) is 18.5. The molecule has 5 nitrogen and oxygen atoms in total. The van der Waals surface area contributed by atoms with Crippen LogP contribution >= 0.6 is 23.2 Å². The molecule has 2 aromatic rings. The highest BCUT2D eigenvalue weighted by atomic mass is 35.5. The first-order chi connectivity index (χ1) is 11.1. The van der Waals surface area contributed by atoms with Gasteiger partial charge in [-0.1, -0.05) is 23.2 Å². The van der Waals surface area contributed by atoms with Crippen LogP contribution in [0.15, 0.2) is 15.7 Å². The van der Waals surface area contributed by atoms with Crippen molar-refractivity contribution >= 4 is 23.2 Å². The zero-order valence-corrected chi connectivity index (χ0v) is 13.7. The standard InChI is InChI=1S/C13H9Cl2F4N3O2/c1-4-3-6(14)5(2)20-10(4)22-11(23)7(15)8(9(16)17)21(12(18)19)13(22)24/h3,9,12H,1-2H3. The Morgan fingerprint density at radius 1 is 1.12 bits per heavy atom. The Morgan fingerprint density at radius 3 is 2.21 bits per heavy atom. The highest BCUT2D eigenvalue weighted by Gasteiger charge is 2.29. The van der Waals surface area contributed by atoms with Gasteiger partial charge < -0.3 is 0 Å². The lowest BCUT2D eigenvalue weighted by Crippen LogP contribution is -2.42. The van der Waals surface area contributed by atoms with E-state index in [2.05, 4.69) is 4.98 Å². The second kappa shape index (κ2) is 6.56. The van der Waals surface area contributed by atoms with E-state index in [1.807, 2.05) is 0 Å². The van der Waals surface area contributed by atoms with Gasteiger partial charge in [-0.25, -0.2) is 27.7 Å². The predicted molar refractivity (Wildman–Crippen MR) is 79.8 cm³/mol. The molecule has 0 aliphatic rings. The fourth-order valence-corrected chi connectivity index (χ4v) is 2.54. The third-order valence-corrected chi connectivity index (χ3v) is 3.94. The van der Waals surface area contributed by atoms with E-state index in [0.29, 0.717) is 0 Å². The molecule has 0 fully saturated rings. The first-order valence-corrected chi connectivity index (χ1v) is 7.10. The lowest BCUT2D eigenvalue weighted by atomic mass is 10.2. The number of aromatic nitrogens is 3. The molecule has 0 spiro atoms. The second-order valence-electron chi connectivity index (χ2n) is 4.77. The van der Waals surface area contributed by atoms with E-state index in [1.54, 1.807) is 0 Å². The molecule has 0 amide bonds. The number of rotatable bonds is 3. The molecule has 2 aromatic heterocycles. The first-order valence-electron chi connectivity index (χ1n) is 6.35. The van der Waals surface area contributed by atoms with Gasteiger partial charge in [0.25, 0.3) is 12.0 Å². The molecular weight excluding hydrogens is 377 g/mol. The average Bonchev–Trinajstić information content (AvgIpc) is 2.47. The fraction of sp³-hybridized carbons (Fsp3) is 0.308. The van der Waals surface area contributed by atoms with Crippen molar-refractivity contribution in [2.45, 2.75) is 26.8 Å². The van der Waals surface area contributed by atoms with Crippen molar-refractivity contribution in [1.29, 1.82) is 0 Å². The lowest BCUT2D eigenvalue weighted by molar-refractivity contribution is 0.0426. The Hall–Kier alpha value is -1.87. The molecule has 0 radical (unpaired) electrons. The molecule has 0 saturated heterocycles. The maximum absolute atomic E-state index is 13.1. The third kappa shape index (κ3) is 2.93. The van der Waals surface area contributed by atoms with Crippen molar-refractivity contribution < 1.29 is 17.6 Å². The van der Waals surface area contributed by atoms with Gasteiger partial charge in [0.1, 0.15) is 16.5 Å². The molecule has 0 unspecified atom stereocenters. The van der Waals surface area contributed by atoms with Crippen LogP contribution in [0.25, 0.3) is 5.82 Å². The Bertz CT molecular complexity index is 925. The number of hydrogen-bond donors (Lipinski definition) is 0. The van der Waals surface area contributed by atoms with E-state index in [9.17, 15) is 27.2 Å². The van der Waals surface area contributed by atoms with Gasteiger partial charge in [0.15, 0.2) is 0 Å². The molecule has 0 aliphatic heterocycles. The maximum Gasteiger partial charge on any atom is 0.341 e. The van der Waals surface area contributed by atoms with Crippen LogP contribution in [0.5, 0.6) is 0 Å². The minimum Gasteiger partial charge on any atom is -0.267 e. The summed E-state index contributed by atoms with van der Waals surface area (Å²) in [6.45, 7) is -0.752. The molecule has 0 N–H and O–H groups in total. The summed E-state index contributed by atoms with van der Waals surface area (Å²) in [5.41, 5.74) is -4.17. The van der Waals surface area contributed by atoms with Gasteiger partial charge in [-0.2, -0.15) is 8.78 Å². The fourth-order valence-electron chi connectivity index (χ4n) is 2.07. The van der Waals surface area contributed by atoms with Crippen LogP contribution < -0.4 is 11.2 Å². The molecule has 11 heteroatoms. The molecule has 0 saturated carbocycles.